The molecule has 1 fully saturated rings. The molecule has 144 valence electrons. The average Bonchev–Trinajstić information content (AvgIpc) is 2.94. The van der Waals surface area contributed by atoms with Gasteiger partial charge in [0.15, 0.2) is 0 Å². The highest BCUT2D eigenvalue weighted by atomic mass is 32.2. The van der Waals surface area contributed by atoms with Crippen molar-refractivity contribution in [3.05, 3.63) is 59.9 Å². The summed E-state index contributed by atoms with van der Waals surface area (Å²) in [6.07, 6.45) is 0.823. The lowest BCUT2D eigenvalue weighted by Gasteiger charge is -2.36. The Morgan fingerprint density at radius 2 is 1.59 bits per heavy atom. The maximum absolute atomic E-state index is 13.1. The van der Waals surface area contributed by atoms with Crippen molar-refractivity contribution in [2.75, 3.05) is 44.2 Å². The summed E-state index contributed by atoms with van der Waals surface area (Å²) in [6.45, 7) is 5.60. The Hall–Kier alpha value is -1.96. The van der Waals surface area contributed by atoms with Gasteiger partial charge in [0.25, 0.3) is 0 Å². The minimum absolute atomic E-state index is 0.212. The van der Waals surface area contributed by atoms with E-state index in [2.05, 4.69) is 9.80 Å². The standard InChI is InChI=1S/C20H24FN3O2S/c21-18-6-8-19(9-7-18)23-14-12-22(13-15-23)10-3-11-24-16-17-4-1-2-5-20(17)27(24,25)26/h1-2,4-9H,3,10-16H2. The lowest BCUT2D eigenvalue weighted by Crippen LogP contribution is -2.47. The van der Waals surface area contributed by atoms with Gasteiger partial charge in [0, 0.05) is 45.0 Å². The van der Waals surface area contributed by atoms with E-state index >= 15 is 0 Å². The van der Waals surface area contributed by atoms with Crippen molar-refractivity contribution in [3.8, 4) is 0 Å². The highest BCUT2D eigenvalue weighted by Crippen LogP contribution is 2.29. The van der Waals surface area contributed by atoms with Gasteiger partial charge in [0.1, 0.15) is 5.82 Å². The summed E-state index contributed by atoms with van der Waals surface area (Å²) in [7, 11) is -3.32. The molecule has 27 heavy (non-hydrogen) atoms. The lowest BCUT2D eigenvalue weighted by atomic mass is 10.2. The van der Waals surface area contributed by atoms with Crippen LogP contribution in [0.5, 0.6) is 0 Å². The summed E-state index contributed by atoms with van der Waals surface area (Å²) in [6, 6.07) is 13.9. The molecule has 0 amide bonds. The van der Waals surface area contributed by atoms with E-state index in [1.807, 2.05) is 24.3 Å². The van der Waals surface area contributed by atoms with Crippen LogP contribution in [0.3, 0.4) is 0 Å². The van der Waals surface area contributed by atoms with E-state index in [4.69, 9.17) is 0 Å². The number of halogens is 1. The number of hydrogen-bond donors (Lipinski definition) is 0. The van der Waals surface area contributed by atoms with Crippen molar-refractivity contribution in [1.82, 2.24) is 9.21 Å². The number of rotatable bonds is 5. The number of piperazine rings is 1. The lowest BCUT2D eigenvalue weighted by molar-refractivity contribution is 0.246. The van der Waals surface area contributed by atoms with E-state index in [1.165, 1.54) is 12.1 Å². The molecule has 0 aromatic heterocycles. The van der Waals surface area contributed by atoms with Crippen molar-refractivity contribution in [2.24, 2.45) is 0 Å². The molecule has 5 nitrogen and oxygen atoms in total. The smallest absolute Gasteiger partial charge is 0.243 e. The van der Waals surface area contributed by atoms with Gasteiger partial charge in [-0.15, -0.1) is 0 Å². The van der Waals surface area contributed by atoms with Crippen LogP contribution >= 0.6 is 0 Å². The Balaban J connectivity index is 1.25. The predicted octanol–water partition coefficient (Wildman–Crippen LogP) is 2.54. The summed E-state index contributed by atoms with van der Waals surface area (Å²) < 4.78 is 39.8. The highest BCUT2D eigenvalue weighted by Gasteiger charge is 2.33. The van der Waals surface area contributed by atoms with Crippen molar-refractivity contribution in [2.45, 2.75) is 17.9 Å². The number of nitrogens with zero attached hydrogens (tertiary/aromatic N) is 3. The molecule has 2 aromatic rings. The molecule has 4 rings (SSSR count). The SMILES string of the molecule is O=S1(=O)c2ccccc2CN1CCCN1CCN(c2ccc(F)cc2)CC1. The summed E-state index contributed by atoms with van der Waals surface area (Å²) in [5.74, 6) is -0.212. The van der Waals surface area contributed by atoms with E-state index < -0.39 is 10.0 Å². The van der Waals surface area contributed by atoms with Gasteiger partial charge in [-0.25, -0.2) is 12.8 Å². The number of anilines is 1. The summed E-state index contributed by atoms with van der Waals surface area (Å²) in [5.41, 5.74) is 1.95. The van der Waals surface area contributed by atoms with Crippen LogP contribution in [0.1, 0.15) is 12.0 Å². The van der Waals surface area contributed by atoms with Gasteiger partial charge in [-0.3, -0.25) is 4.90 Å². The first-order valence-corrected chi connectivity index (χ1v) is 10.8. The maximum Gasteiger partial charge on any atom is 0.243 e. The minimum atomic E-state index is -3.32. The third kappa shape index (κ3) is 3.85. The summed E-state index contributed by atoms with van der Waals surface area (Å²) in [5, 5.41) is 0. The number of benzene rings is 2. The number of hydrogen-bond acceptors (Lipinski definition) is 4. The zero-order valence-electron chi connectivity index (χ0n) is 15.2. The minimum Gasteiger partial charge on any atom is -0.369 e. The van der Waals surface area contributed by atoms with Gasteiger partial charge in [-0.05, 0) is 48.9 Å². The van der Waals surface area contributed by atoms with Crippen LogP contribution in [-0.4, -0.2) is 56.9 Å². The van der Waals surface area contributed by atoms with Crippen molar-refractivity contribution < 1.29 is 12.8 Å². The van der Waals surface area contributed by atoms with E-state index in [0.717, 1.165) is 50.4 Å². The Morgan fingerprint density at radius 1 is 0.889 bits per heavy atom. The van der Waals surface area contributed by atoms with Crippen LogP contribution in [0.2, 0.25) is 0 Å². The highest BCUT2D eigenvalue weighted by molar-refractivity contribution is 7.89. The van der Waals surface area contributed by atoms with Crippen molar-refractivity contribution >= 4 is 15.7 Å². The molecule has 7 heteroatoms. The molecule has 0 unspecified atom stereocenters. The normalized spacial score (nSPS) is 20.0. The second-order valence-corrected chi connectivity index (χ2v) is 9.01. The molecule has 0 N–H and O–H groups in total. The number of sulfonamides is 1. The zero-order valence-corrected chi connectivity index (χ0v) is 16.0. The molecule has 0 atom stereocenters. The molecule has 0 aliphatic carbocycles. The molecule has 0 spiro atoms. The summed E-state index contributed by atoms with van der Waals surface area (Å²) >= 11 is 0. The van der Waals surface area contributed by atoms with E-state index in [1.54, 1.807) is 16.4 Å². The fraction of sp³-hybridized carbons (Fsp3) is 0.400. The third-order valence-corrected chi connectivity index (χ3v) is 7.33. The van der Waals surface area contributed by atoms with Crippen molar-refractivity contribution in [1.29, 1.82) is 0 Å². The molecule has 0 saturated carbocycles. The molecule has 2 aromatic carbocycles. The Labute approximate surface area is 160 Å². The molecule has 0 bridgehead atoms. The second kappa shape index (κ2) is 7.58. The van der Waals surface area contributed by atoms with Gasteiger partial charge in [-0.2, -0.15) is 4.31 Å². The molecular formula is C20H24FN3O2S. The molecule has 2 aliphatic heterocycles. The van der Waals surface area contributed by atoms with E-state index in [9.17, 15) is 12.8 Å². The quantitative estimate of drug-likeness (QED) is 0.788. The van der Waals surface area contributed by atoms with Gasteiger partial charge in [-0.1, -0.05) is 18.2 Å². The van der Waals surface area contributed by atoms with Gasteiger partial charge >= 0.3 is 0 Å². The maximum atomic E-state index is 13.1. The topological polar surface area (TPSA) is 43.9 Å². The van der Waals surface area contributed by atoms with Crippen LogP contribution in [-0.2, 0) is 16.6 Å². The van der Waals surface area contributed by atoms with Crippen molar-refractivity contribution in [3.63, 3.8) is 0 Å². The fourth-order valence-electron chi connectivity index (χ4n) is 3.85. The Kier molecular flexibility index (Phi) is 5.16. The van der Waals surface area contributed by atoms with Crippen LogP contribution < -0.4 is 4.90 Å². The molecule has 2 aliphatic rings. The average molecular weight is 389 g/mol. The number of fused-ring (bicyclic) bond motifs is 1. The fourth-order valence-corrected chi connectivity index (χ4v) is 5.52. The molecular weight excluding hydrogens is 365 g/mol. The Bertz CT molecular complexity index is 894. The van der Waals surface area contributed by atoms with Gasteiger partial charge in [0.2, 0.25) is 10.0 Å². The third-order valence-electron chi connectivity index (χ3n) is 5.38. The van der Waals surface area contributed by atoms with Crippen LogP contribution in [0.25, 0.3) is 0 Å². The van der Waals surface area contributed by atoms with Gasteiger partial charge < -0.3 is 4.90 Å². The summed E-state index contributed by atoms with van der Waals surface area (Å²) in [4.78, 5) is 5.09. The van der Waals surface area contributed by atoms with E-state index in [-0.39, 0.29) is 5.82 Å². The first-order chi connectivity index (χ1) is 13.0. The van der Waals surface area contributed by atoms with Crippen LogP contribution in [0.4, 0.5) is 10.1 Å². The van der Waals surface area contributed by atoms with Gasteiger partial charge in [0.05, 0.1) is 4.90 Å². The van der Waals surface area contributed by atoms with E-state index in [0.29, 0.717) is 18.0 Å². The van der Waals surface area contributed by atoms with Crippen LogP contribution in [0, 0.1) is 5.82 Å². The first-order valence-electron chi connectivity index (χ1n) is 9.35. The molecule has 2 heterocycles. The largest absolute Gasteiger partial charge is 0.369 e. The zero-order chi connectivity index (χ0) is 18.9. The molecule has 1 saturated heterocycles. The van der Waals surface area contributed by atoms with Crippen LogP contribution in [0.15, 0.2) is 53.4 Å². The monoisotopic (exact) mass is 389 g/mol. The predicted molar refractivity (Wildman–Crippen MR) is 104 cm³/mol. The Morgan fingerprint density at radius 3 is 2.30 bits per heavy atom. The molecule has 0 radical (unpaired) electrons. The second-order valence-electron chi connectivity index (χ2n) is 7.10. The first kappa shape index (κ1) is 18.4.